The molecule has 0 saturated heterocycles. The topological polar surface area (TPSA) is 444 Å². The minimum atomic E-state index is -4.09. The van der Waals surface area contributed by atoms with Gasteiger partial charge in [0, 0.05) is 54.2 Å². The van der Waals surface area contributed by atoms with Gasteiger partial charge in [-0.25, -0.2) is 60.8 Å². The molecular formula is C107H118Cl2N16O20S5. The molecule has 0 bridgehead atoms. The first-order chi connectivity index (χ1) is 70.1. The first-order valence-corrected chi connectivity index (χ1v) is 54.6. The quantitative estimate of drug-likeness (QED) is 0.0359. The van der Waals surface area contributed by atoms with E-state index in [0.717, 1.165) is 42.7 Å². The highest BCUT2D eigenvalue weighted by molar-refractivity contribution is 7.92. The summed E-state index contributed by atoms with van der Waals surface area (Å²) < 4.78 is 176. The van der Waals surface area contributed by atoms with Crippen LogP contribution in [0.25, 0.3) is 33.3 Å². The number of methoxy groups -OCH3 is 7. The van der Waals surface area contributed by atoms with E-state index in [1.54, 1.807) is 148 Å². The van der Waals surface area contributed by atoms with E-state index >= 15 is 0 Å². The second-order valence-electron chi connectivity index (χ2n) is 39.3. The molecule has 15 aromatic rings. The van der Waals surface area contributed by atoms with Gasteiger partial charge in [-0.15, -0.1) is 30.2 Å². The third kappa shape index (κ3) is 25.0. The van der Waals surface area contributed by atoms with Crippen molar-refractivity contribution in [2.45, 2.75) is 222 Å². The number of aromatic nitrogens is 15. The number of halogens is 2. The zero-order chi connectivity index (χ0) is 111. The smallest absolute Gasteiger partial charge is 0.297 e. The normalized spacial score (nSPS) is 12.0. The summed E-state index contributed by atoms with van der Waals surface area (Å²) in [6, 6.07) is 58.2. The van der Waals surface area contributed by atoms with Crippen LogP contribution in [0.15, 0.2) is 262 Å². The lowest BCUT2D eigenvalue weighted by atomic mass is 9.87. The van der Waals surface area contributed by atoms with E-state index in [-0.39, 0.29) is 84.5 Å². The van der Waals surface area contributed by atoms with Crippen LogP contribution in [0.4, 0.5) is 5.82 Å². The fourth-order valence-electron chi connectivity index (χ4n) is 15.2. The molecule has 0 aliphatic carbocycles. The second kappa shape index (κ2) is 45.8. The molecule has 0 aliphatic heterocycles. The van der Waals surface area contributed by atoms with Crippen molar-refractivity contribution >= 4 is 95.6 Å². The van der Waals surface area contributed by atoms with Crippen LogP contribution in [0.2, 0.25) is 10.0 Å². The SMILES string of the molecule is CCc1c(S(=O)(=O)c2ccc(C(C)(C)C)cc2)nnn1-c1cc(OC)ccc1OC.COc1ccc(C)cc1-n1nnc(S(=O)(=O)c2ccc(C(C)(C)C)cc2)c1C(C)=O.COc1ccc(Cl)cc1-n1nnc(S(=O)(=O)c2ccc(C(C)(C)C)cc2)c1C(C)=O.COc1ccc(OC)c(-n2nnc(S(=O)(=O)c3ccc(C(C)(C)C)cc3)c2C(C)=O)c1.[C-]#[N+]c1c(S(=O)(=O)c2ccc(C(C)(C)C)cc2)nnn1-c1cc(Cl)ccc1OC. The molecule has 0 unspecified atom stereocenters. The van der Waals surface area contributed by atoms with Crippen LogP contribution < -0.4 is 33.2 Å². The Morgan fingerprint density at radius 2 is 0.527 bits per heavy atom. The molecule has 0 spiro atoms. The number of carbonyl (C=O) groups is 3. The zero-order valence-electron chi connectivity index (χ0n) is 88.0. The summed E-state index contributed by atoms with van der Waals surface area (Å²) in [6.45, 7) is 45.8. The third-order valence-corrected chi connectivity index (χ3v) is 32.5. The van der Waals surface area contributed by atoms with Crippen LogP contribution in [0, 0.1) is 13.5 Å². The van der Waals surface area contributed by atoms with E-state index in [1.807, 2.05) is 115 Å². The molecule has 0 amide bonds. The van der Waals surface area contributed by atoms with Gasteiger partial charge in [0.05, 0.1) is 79.9 Å². The van der Waals surface area contributed by atoms with E-state index in [1.165, 1.54) is 131 Å². The number of nitrogens with zero attached hydrogens (tertiary/aromatic N) is 16. The minimum Gasteiger partial charge on any atom is -0.497 e. The van der Waals surface area contributed by atoms with E-state index in [0.29, 0.717) is 90.8 Å². The Morgan fingerprint density at radius 3 is 0.793 bits per heavy atom. The lowest BCUT2D eigenvalue weighted by Gasteiger charge is -2.19. The van der Waals surface area contributed by atoms with E-state index in [9.17, 15) is 56.5 Å². The van der Waals surface area contributed by atoms with Crippen molar-refractivity contribution in [1.29, 1.82) is 0 Å². The van der Waals surface area contributed by atoms with Gasteiger partial charge in [-0.05, 0) is 201 Å². The van der Waals surface area contributed by atoms with Crippen LogP contribution in [-0.2, 0) is 82.7 Å². The van der Waals surface area contributed by atoms with E-state index in [4.69, 9.17) is 62.9 Å². The molecular weight excluding hydrogens is 2060 g/mol. The number of carbonyl (C=O) groups excluding carboxylic acids is 3. The molecule has 790 valence electrons. The number of sulfone groups is 5. The number of hydrogen-bond acceptors (Lipinski definition) is 30. The first-order valence-electron chi connectivity index (χ1n) is 46.4. The highest BCUT2D eigenvalue weighted by Gasteiger charge is 2.39. The van der Waals surface area contributed by atoms with E-state index in [2.05, 4.69) is 77.2 Å². The van der Waals surface area contributed by atoms with Crippen molar-refractivity contribution < 1.29 is 89.6 Å². The molecule has 5 heterocycles. The maximum atomic E-state index is 13.3. The molecule has 36 nitrogen and oxygen atoms in total. The van der Waals surface area contributed by atoms with Crippen molar-refractivity contribution in [1.82, 2.24) is 75.0 Å². The van der Waals surface area contributed by atoms with Crippen molar-refractivity contribution in [3.05, 3.63) is 290 Å². The molecule has 43 heteroatoms. The molecule has 0 N–H and O–H groups in total. The Hall–Kier alpha value is -14.7. The van der Waals surface area contributed by atoms with Crippen molar-refractivity contribution in [2.24, 2.45) is 0 Å². The summed E-state index contributed by atoms with van der Waals surface area (Å²) in [5.41, 5.74) is 7.39. The summed E-state index contributed by atoms with van der Waals surface area (Å²) in [5.74, 6) is 1.49. The standard InChI is InChI=1S/C22H25N3O5S.C22H25N3O4S.C22H27N3O4S.C21H22ClN3O4S.C20H19ClN4O3S/c1-14(26)20-21(31(27,28)17-10-7-15(8-11-17)22(2,3)4)23-24-25(20)18-13-16(29-5)9-12-19(18)30-6;1-14-7-12-19(29-6)18(13-14)25-20(15(2)26)21(23-24-25)30(27,28)17-10-8-16(9-11-17)22(3,4)5;1-7-18-21(30(26,27)17-11-8-15(9-12-17)22(2,3)4)23-24-25(18)19-14-16(28-5)10-13-20(19)29-6;1-13(26)19-20(23-24-25(19)17-12-15(22)8-11-18(17)29-5)30(27,28)16-9-6-14(7-10-16)21(2,3)4;1-20(2,3)13-6-9-15(10-7-13)29(26,27)19-18(22-4)25(24-23-19)16-12-14(21)8-11-17(16)28-5/h7-13H,1-6H3;7-13H,1-6H3;8-14H,7H2,1-6H3;6-12H,1-5H3;6-12H,1-3,5H3. The highest BCUT2D eigenvalue weighted by atomic mass is 35.5. The number of aryl methyl sites for hydroxylation is 1. The van der Waals surface area contributed by atoms with Gasteiger partial charge in [0.1, 0.15) is 74.3 Å². The fourth-order valence-corrected chi connectivity index (χ4v) is 22.2. The number of rotatable bonds is 26. The molecule has 15 rings (SSSR count). The number of ether oxygens (including phenoxy) is 7. The summed E-state index contributed by atoms with van der Waals surface area (Å²) in [5, 5.41) is 38.5. The number of hydrogen-bond donors (Lipinski definition) is 0. The Bertz CT molecular complexity index is 8020. The van der Waals surface area contributed by atoms with Gasteiger partial charge >= 0.3 is 0 Å². The molecule has 10 aromatic carbocycles. The Kier molecular flexibility index (Phi) is 35.3. The summed E-state index contributed by atoms with van der Waals surface area (Å²) in [6.07, 6.45) is 0.419. The molecule has 0 atom stereocenters. The van der Waals surface area contributed by atoms with Gasteiger partial charge in [-0.3, -0.25) is 14.4 Å². The van der Waals surface area contributed by atoms with Gasteiger partial charge in [0.15, 0.2) is 28.8 Å². The van der Waals surface area contributed by atoms with Gasteiger partial charge in [0.2, 0.25) is 74.3 Å². The molecule has 0 radical (unpaired) electrons. The van der Waals surface area contributed by atoms with Crippen molar-refractivity contribution in [2.75, 3.05) is 49.8 Å². The van der Waals surface area contributed by atoms with Crippen LogP contribution in [0.5, 0.6) is 40.2 Å². The maximum absolute atomic E-state index is 13.3. The summed E-state index contributed by atoms with van der Waals surface area (Å²) >= 11 is 12.1. The number of benzene rings is 10. The summed E-state index contributed by atoms with van der Waals surface area (Å²) in [4.78, 5) is 41.1. The van der Waals surface area contributed by atoms with Crippen LogP contribution in [0.1, 0.15) is 202 Å². The molecule has 150 heavy (non-hydrogen) atoms. The number of Topliss-reactive ketones (excluding diaryl/α,β-unsaturated/α-hetero) is 3. The Morgan fingerprint density at radius 1 is 0.300 bits per heavy atom. The van der Waals surface area contributed by atoms with Crippen LogP contribution in [-0.4, -0.2) is 184 Å². The van der Waals surface area contributed by atoms with Crippen molar-refractivity contribution in [3.8, 4) is 68.7 Å². The third-order valence-electron chi connectivity index (χ3n) is 23.7. The lowest BCUT2D eigenvalue weighted by Crippen LogP contribution is -2.14. The van der Waals surface area contributed by atoms with Crippen LogP contribution in [0.3, 0.4) is 0 Å². The minimum absolute atomic E-state index is 0.0307. The van der Waals surface area contributed by atoms with Gasteiger partial charge < -0.3 is 38.0 Å². The van der Waals surface area contributed by atoms with Gasteiger partial charge in [-0.1, -0.05) is 228 Å². The van der Waals surface area contributed by atoms with Crippen molar-refractivity contribution in [3.63, 3.8) is 0 Å². The average Bonchev–Trinajstić information content (AvgIpc) is 1.73. The Labute approximate surface area is 883 Å². The lowest BCUT2D eigenvalue weighted by molar-refractivity contribution is 0.0994. The Balaban J connectivity index is 0.000000178. The molecule has 0 saturated carbocycles. The zero-order valence-corrected chi connectivity index (χ0v) is 93.6. The second-order valence-corrected chi connectivity index (χ2v) is 49.5. The van der Waals surface area contributed by atoms with Crippen LogP contribution >= 0.6 is 23.2 Å². The highest BCUT2D eigenvalue weighted by Crippen LogP contribution is 2.42. The average molecular weight is 2180 g/mol. The van der Waals surface area contributed by atoms with Gasteiger partial charge in [0.25, 0.3) is 5.82 Å². The van der Waals surface area contributed by atoms with Gasteiger partial charge in [-0.2, -0.15) is 0 Å². The summed E-state index contributed by atoms with van der Waals surface area (Å²) in [7, 11) is -9.64. The monoisotopic (exact) mass is 2180 g/mol. The maximum Gasteiger partial charge on any atom is 0.297 e. The first kappa shape index (κ1) is 116. The van der Waals surface area contributed by atoms with E-state index < -0.39 is 81.6 Å². The predicted molar refractivity (Wildman–Crippen MR) is 566 cm³/mol. The number of ketones is 3. The molecule has 5 aromatic heterocycles. The largest absolute Gasteiger partial charge is 0.497 e. The predicted octanol–water partition coefficient (Wildman–Crippen LogP) is 20.4. The fraction of sp³-hybridized carbons (Fsp3) is 0.308. The molecule has 0 aliphatic rings. The molecule has 0 fully saturated rings.